The molecule has 1 unspecified atom stereocenters. The highest BCUT2D eigenvalue weighted by atomic mass is 32.2. The summed E-state index contributed by atoms with van der Waals surface area (Å²) in [4.78, 5) is 39.7. The average molecular weight is 459 g/mol. The number of H-pyrrole nitrogens is 1. The van der Waals surface area contributed by atoms with E-state index in [1.807, 2.05) is 29.8 Å². The van der Waals surface area contributed by atoms with E-state index in [0.29, 0.717) is 11.9 Å². The lowest BCUT2D eigenvalue weighted by Crippen LogP contribution is -2.39. The van der Waals surface area contributed by atoms with E-state index in [9.17, 15) is 22.8 Å². The number of hydrogen-bond acceptors (Lipinski definition) is 6. The first-order valence-electron chi connectivity index (χ1n) is 10.1. The van der Waals surface area contributed by atoms with Gasteiger partial charge in [0.15, 0.2) is 0 Å². The molecule has 1 atom stereocenters. The van der Waals surface area contributed by atoms with Crippen LogP contribution in [-0.4, -0.2) is 37.2 Å². The van der Waals surface area contributed by atoms with Crippen LogP contribution < -0.4 is 15.6 Å². The second-order valence-corrected chi connectivity index (χ2v) is 8.64. The van der Waals surface area contributed by atoms with Crippen molar-refractivity contribution in [3.63, 3.8) is 0 Å². The second-order valence-electron chi connectivity index (χ2n) is 6.96. The minimum atomic E-state index is -3.90. The third-order valence-corrected chi connectivity index (χ3v) is 5.86. The van der Waals surface area contributed by atoms with Crippen LogP contribution in [0.3, 0.4) is 0 Å². The predicted molar refractivity (Wildman–Crippen MR) is 122 cm³/mol. The van der Waals surface area contributed by atoms with Gasteiger partial charge in [0.1, 0.15) is 6.29 Å². The molecule has 0 saturated carbocycles. The fourth-order valence-corrected chi connectivity index (χ4v) is 3.57. The standard InChI is InChI=1S/C14H20N2O4S.C8H6N2O/c1-3-4-9-15-14(18)16-21(19,20)13-7-5-12(6-8-13)11(2)10-17;11-8-6-3-1-2-4-7(6)9-5-10-8/h5-8,10-11H,3-4,9H2,1-2H3,(H2,15,16,18);1-5H,(H,9,10,11). The Labute approximate surface area is 186 Å². The molecule has 0 aliphatic heterocycles. The number of aldehydes is 1. The zero-order chi connectivity index (χ0) is 23.6. The number of rotatable bonds is 7. The molecule has 3 N–H and O–H groups in total. The van der Waals surface area contributed by atoms with Crippen molar-refractivity contribution in [2.24, 2.45) is 0 Å². The van der Waals surface area contributed by atoms with Crippen LogP contribution >= 0.6 is 0 Å². The van der Waals surface area contributed by atoms with Crippen molar-refractivity contribution in [2.75, 3.05) is 6.54 Å². The van der Waals surface area contributed by atoms with E-state index in [4.69, 9.17) is 0 Å². The van der Waals surface area contributed by atoms with Crippen LogP contribution in [-0.2, 0) is 14.8 Å². The molecule has 170 valence electrons. The topological polar surface area (TPSA) is 138 Å². The van der Waals surface area contributed by atoms with Crippen molar-refractivity contribution in [3.8, 4) is 0 Å². The summed E-state index contributed by atoms with van der Waals surface area (Å²) in [7, 11) is -3.90. The molecule has 3 aromatic rings. The van der Waals surface area contributed by atoms with E-state index in [1.165, 1.54) is 18.5 Å². The van der Waals surface area contributed by atoms with Gasteiger partial charge in [0.05, 0.1) is 22.1 Å². The largest absolute Gasteiger partial charge is 0.337 e. The Morgan fingerprint density at radius 3 is 2.47 bits per heavy atom. The van der Waals surface area contributed by atoms with E-state index in [0.717, 1.165) is 30.2 Å². The van der Waals surface area contributed by atoms with Crippen LogP contribution in [0.15, 0.2) is 64.5 Å². The van der Waals surface area contributed by atoms with Gasteiger partial charge in [-0.2, -0.15) is 0 Å². The summed E-state index contributed by atoms with van der Waals surface area (Å²) in [5, 5.41) is 3.11. The molecule has 0 spiro atoms. The first-order chi connectivity index (χ1) is 15.3. The maximum Gasteiger partial charge on any atom is 0.328 e. The molecule has 0 aliphatic carbocycles. The quantitative estimate of drug-likeness (QED) is 0.368. The number of nitrogens with zero attached hydrogens (tertiary/aromatic N) is 1. The van der Waals surface area contributed by atoms with E-state index in [2.05, 4.69) is 15.3 Å². The van der Waals surface area contributed by atoms with Gasteiger partial charge >= 0.3 is 6.03 Å². The number of unbranched alkanes of at least 4 members (excludes halogenated alkanes) is 1. The first-order valence-corrected chi connectivity index (χ1v) is 11.5. The van der Waals surface area contributed by atoms with Crippen LogP contribution in [0.2, 0.25) is 0 Å². The van der Waals surface area contributed by atoms with E-state index in [-0.39, 0.29) is 16.4 Å². The van der Waals surface area contributed by atoms with Crippen molar-refractivity contribution in [2.45, 2.75) is 37.5 Å². The average Bonchev–Trinajstić information content (AvgIpc) is 2.79. The molecule has 0 radical (unpaired) electrons. The highest BCUT2D eigenvalue weighted by Gasteiger charge is 2.17. The van der Waals surface area contributed by atoms with Crippen molar-refractivity contribution >= 4 is 33.2 Å². The van der Waals surface area contributed by atoms with Crippen LogP contribution in [0.4, 0.5) is 4.79 Å². The second kappa shape index (κ2) is 11.8. The van der Waals surface area contributed by atoms with E-state index in [1.54, 1.807) is 25.1 Å². The fraction of sp³-hybridized carbons (Fsp3) is 0.273. The zero-order valence-electron chi connectivity index (χ0n) is 17.9. The van der Waals surface area contributed by atoms with Gasteiger partial charge in [-0.25, -0.2) is 22.9 Å². The highest BCUT2D eigenvalue weighted by Crippen LogP contribution is 2.16. The summed E-state index contributed by atoms with van der Waals surface area (Å²) >= 11 is 0. The van der Waals surface area contributed by atoms with Crippen molar-refractivity contribution in [1.82, 2.24) is 20.0 Å². The molecule has 0 fully saturated rings. The Hall–Kier alpha value is -3.53. The van der Waals surface area contributed by atoms with Crippen LogP contribution in [0.5, 0.6) is 0 Å². The fourth-order valence-electron chi connectivity index (χ4n) is 2.64. The van der Waals surface area contributed by atoms with Gasteiger partial charge in [0.2, 0.25) is 0 Å². The number of carbonyl (C=O) groups is 2. The molecular formula is C22H26N4O5S. The SMILES string of the molecule is CCCCNC(=O)NS(=O)(=O)c1ccc(C(C)C=O)cc1.O=c1[nH]cnc2ccccc12. The lowest BCUT2D eigenvalue weighted by molar-refractivity contribution is -0.108. The summed E-state index contributed by atoms with van der Waals surface area (Å²) in [5.74, 6) is -0.299. The molecular weight excluding hydrogens is 432 g/mol. The zero-order valence-corrected chi connectivity index (χ0v) is 18.7. The Bertz CT molecular complexity index is 1200. The molecule has 3 rings (SSSR count). The smallest absolute Gasteiger partial charge is 0.328 e. The molecule has 10 heteroatoms. The molecule has 1 aromatic heterocycles. The summed E-state index contributed by atoms with van der Waals surface area (Å²) in [6.07, 6.45) is 3.88. The van der Waals surface area contributed by atoms with Gasteiger partial charge in [-0.3, -0.25) is 4.79 Å². The third-order valence-electron chi connectivity index (χ3n) is 4.51. The van der Waals surface area contributed by atoms with Gasteiger partial charge in [-0.15, -0.1) is 0 Å². The number of benzene rings is 2. The number of aromatic amines is 1. The maximum atomic E-state index is 12.0. The number of hydrogen-bond donors (Lipinski definition) is 3. The molecule has 32 heavy (non-hydrogen) atoms. The molecule has 2 aromatic carbocycles. The minimum absolute atomic E-state index is 0.0185. The van der Waals surface area contributed by atoms with Gasteiger partial charge in [0, 0.05) is 12.5 Å². The molecule has 2 amide bonds. The normalized spacial score (nSPS) is 11.7. The van der Waals surface area contributed by atoms with E-state index < -0.39 is 16.1 Å². The van der Waals surface area contributed by atoms with Crippen molar-refractivity contribution in [3.05, 3.63) is 70.8 Å². The Morgan fingerprint density at radius 2 is 1.84 bits per heavy atom. The predicted octanol–water partition coefficient (Wildman–Crippen LogP) is 2.70. The first kappa shape index (κ1) is 24.7. The van der Waals surface area contributed by atoms with Crippen LogP contribution in [0, 0.1) is 0 Å². The number of urea groups is 1. The summed E-state index contributed by atoms with van der Waals surface area (Å²) < 4.78 is 25.9. The Balaban J connectivity index is 0.000000273. The summed E-state index contributed by atoms with van der Waals surface area (Å²) in [6, 6.07) is 12.4. The number of nitrogens with one attached hydrogen (secondary N) is 3. The highest BCUT2D eigenvalue weighted by molar-refractivity contribution is 7.90. The number of para-hydroxylation sites is 1. The summed E-state index contributed by atoms with van der Waals surface area (Å²) in [6.45, 7) is 4.11. The van der Waals surface area contributed by atoms with Gasteiger partial charge in [-0.05, 0) is 36.2 Å². The third kappa shape index (κ3) is 7.02. The molecule has 0 saturated heterocycles. The van der Waals surface area contributed by atoms with Gasteiger partial charge < -0.3 is 15.1 Å². The summed E-state index contributed by atoms with van der Waals surface area (Å²) in [5.41, 5.74) is 1.36. The molecule has 0 aliphatic rings. The minimum Gasteiger partial charge on any atom is -0.337 e. The Morgan fingerprint density at radius 1 is 1.16 bits per heavy atom. The van der Waals surface area contributed by atoms with E-state index >= 15 is 0 Å². The number of aromatic nitrogens is 2. The molecule has 9 nitrogen and oxygen atoms in total. The lowest BCUT2D eigenvalue weighted by atomic mass is 10.0. The van der Waals surface area contributed by atoms with Crippen molar-refractivity contribution < 1.29 is 18.0 Å². The number of carbonyl (C=O) groups excluding carboxylic acids is 2. The monoisotopic (exact) mass is 458 g/mol. The van der Waals surface area contributed by atoms with Crippen molar-refractivity contribution in [1.29, 1.82) is 0 Å². The number of fused-ring (bicyclic) bond motifs is 1. The number of amides is 2. The molecule has 1 heterocycles. The lowest BCUT2D eigenvalue weighted by Gasteiger charge is -2.09. The van der Waals surface area contributed by atoms with Crippen LogP contribution in [0.1, 0.15) is 38.2 Å². The molecule has 0 bridgehead atoms. The van der Waals surface area contributed by atoms with Gasteiger partial charge in [0.25, 0.3) is 15.6 Å². The Kier molecular flexibility index (Phi) is 9.08. The number of sulfonamides is 1. The maximum absolute atomic E-state index is 12.0. The van der Waals surface area contributed by atoms with Crippen LogP contribution in [0.25, 0.3) is 10.9 Å². The van der Waals surface area contributed by atoms with Gasteiger partial charge in [-0.1, -0.05) is 44.5 Å².